The number of ether oxygens (including phenoxy) is 1. The highest BCUT2D eigenvalue weighted by atomic mass is 35.5. The van der Waals surface area contributed by atoms with Crippen LogP contribution in [0.1, 0.15) is 31.2 Å². The highest BCUT2D eigenvalue weighted by Crippen LogP contribution is 2.48. The Bertz CT molecular complexity index is 549. The van der Waals surface area contributed by atoms with Crippen LogP contribution >= 0.6 is 12.4 Å². The van der Waals surface area contributed by atoms with Crippen LogP contribution in [0.2, 0.25) is 0 Å². The van der Waals surface area contributed by atoms with Gasteiger partial charge in [-0.15, -0.1) is 12.4 Å². The van der Waals surface area contributed by atoms with E-state index >= 15 is 0 Å². The molecule has 1 heterocycles. The first-order chi connectivity index (χ1) is 11.1. The number of methoxy groups -OCH3 is 1. The van der Waals surface area contributed by atoms with Crippen LogP contribution < -0.4 is 10.6 Å². The van der Waals surface area contributed by atoms with E-state index in [1.165, 1.54) is 12.1 Å². The van der Waals surface area contributed by atoms with Crippen molar-refractivity contribution in [3.8, 4) is 0 Å². The van der Waals surface area contributed by atoms with Crippen LogP contribution in [0.3, 0.4) is 0 Å². The summed E-state index contributed by atoms with van der Waals surface area (Å²) in [6, 6.07) is 6.33. The lowest BCUT2D eigenvalue weighted by Gasteiger charge is -2.37. The minimum Gasteiger partial charge on any atom is -0.384 e. The van der Waals surface area contributed by atoms with E-state index in [1.807, 2.05) is 0 Å². The summed E-state index contributed by atoms with van der Waals surface area (Å²) in [7, 11) is 1.71. The molecule has 3 rings (SSSR count). The average molecular weight is 357 g/mol. The highest BCUT2D eigenvalue weighted by molar-refractivity contribution is 5.91. The van der Waals surface area contributed by atoms with Crippen molar-refractivity contribution in [2.75, 3.05) is 33.4 Å². The lowest BCUT2D eigenvalue weighted by Crippen LogP contribution is -2.49. The molecule has 0 bridgehead atoms. The summed E-state index contributed by atoms with van der Waals surface area (Å²) < 4.78 is 18.5. The van der Waals surface area contributed by atoms with Gasteiger partial charge >= 0.3 is 0 Å². The molecule has 0 spiro atoms. The van der Waals surface area contributed by atoms with Crippen LogP contribution in [0, 0.1) is 11.2 Å². The summed E-state index contributed by atoms with van der Waals surface area (Å²) in [4.78, 5) is 12.7. The van der Waals surface area contributed by atoms with Crippen molar-refractivity contribution in [2.24, 2.45) is 5.41 Å². The van der Waals surface area contributed by atoms with E-state index < -0.39 is 5.41 Å². The molecule has 2 fully saturated rings. The fraction of sp³-hybridized carbons (Fsp3) is 0.611. The minimum absolute atomic E-state index is 0. The van der Waals surface area contributed by atoms with Crippen LogP contribution in [0.15, 0.2) is 24.3 Å². The molecular weight excluding hydrogens is 331 g/mol. The molecule has 134 valence electrons. The second kappa shape index (κ2) is 7.81. The van der Waals surface area contributed by atoms with E-state index in [-0.39, 0.29) is 29.5 Å². The molecule has 1 aliphatic carbocycles. The number of amides is 1. The zero-order valence-electron chi connectivity index (χ0n) is 14.1. The van der Waals surface area contributed by atoms with Crippen LogP contribution in [-0.4, -0.2) is 39.3 Å². The molecule has 1 saturated carbocycles. The summed E-state index contributed by atoms with van der Waals surface area (Å²) in [5.41, 5.74) is 0.492. The molecular formula is C18H26ClFN2O2. The van der Waals surface area contributed by atoms with Gasteiger partial charge in [0.05, 0.1) is 12.0 Å². The predicted molar refractivity (Wildman–Crippen MR) is 94.0 cm³/mol. The van der Waals surface area contributed by atoms with E-state index in [0.717, 1.165) is 44.3 Å². The lowest BCUT2D eigenvalue weighted by atomic mass is 9.79. The number of rotatable bonds is 6. The van der Waals surface area contributed by atoms with Crippen molar-refractivity contribution < 1.29 is 13.9 Å². The standard InChI is InChI=1S/C18H25FN2O2.ClH/c1-23-13-17(8-10-20-11-9-17)12-21-16(22)18(6-7-18)14-2-4-15(19)5-3-14;/h2-5,20H,6-13H2,1H3,(H,21,22);1H. The molecule has 1 aromatic rings. The van der Waals surface area contributed by atoms with Crippen molar-refractivity contribution in [3.05, 3.63) is 35.6 Å². The molecule has 0 unspecified atom stereocenters. The second-order valence-corrected chi connectivity index (χ2v) is 6.95. The maximum Gasteiger partial charge on any atom is 0.230 e. The highest BCUT2D eigenvalue weighted by Gasteiger charge is 2.51. The summed E-state index contributed by atoms with van der Waals surface area (Å²) in [5, 5.41) is 6.51. The fourth-order valence-corrected chi connectivity index (χ4v) is 3.61. The Balaban J connectivity index is 0.00000208. The van der Waals surface area contributed by atoms with Crippen LogP contribution in [0.5, 0.6) is 0 Å². The first-order valence-corrected chi connectivity index (χ1v) is 8.34. The summed E-state index contributed by atoms with van der Waals surface area (Å²) in [5.74, 6) is -0.197. The van der Waals surface area contributed by atoms with Gasteiger partial charge in [0, 0.05) is 19.1 Å². The molecule has 2 aliphatic rings. The average Bonchev–Trinajstić information content (AvgIpc) is 3.36. The van der Waals surface area contributed by atoms with Gasteiger partial charge < -0.3 is 15.4 Å². The number of hydrogen-bond acceptors (Lipinski definition) is 3. The molecule has 1 aliphatic heterocycles. The zero-order valence-corrected chi connectivity index (χ0v) is 14.9. The van der Waals surface area contributed by atoms with E-state index in [2.05, 4.69) is 10.6 Å². The number of carbonyl (C=O) groups is 1. The van der Waals surface area contributed by atoms with Crippen molar-refractivity contribution in [1.29, 1.82) is 0 Å². The molecule has 0 radical (unpaired) electrons. The number of halogens is 2. The van der Waals surface area contributed by atoms with Crippen LogP contribution in [-0.2, 0) is 14.9 Å². The normalized spacial score (nSPS) is 20.8. The quantitative estimate of drug-likeness (QED) is 0.823. The smallest absolute Gasteiger partial charge is 0.230 e. The number of carbonyl (C=O) groups excluding carboxylic acids is 1. The van der Waals surface area contributed by atoms with E-state index in [9.17, 15) is 9.18 Å². The Labute approximate surface area is 148 Å². The molecule has 6 heteroatoms. The third-order valence-electron chi connectivity index (χ3n) is 5.32. The van der Waals surface area contributed by atoms with Crippen LogP contribution in [0.4, 0.5) is 4.39 Å². The zero-order chi connectivity index (χ0) is 16.3. The summed E-state index contributed by atoms with van der Waals surface area (Å²) in [6.45, 7) is 3.23. The molecule has 1 saturated heterocycles. The third-order valence-corrected chi connectivity index (χ3v) is 5.32. The maximum atomic E-state index is 13.1. The van der Waals surface area contributed by atoms with Gasteiger partial charge in [0.25, 0.3) is 0 Å². The minimum atomic E-state index is -0.450. The van der Waals surface area contributed by atoms with E-state index in [0.29, 0.717) is 13.2 Å². The van der Waals surface area contributed by atoms with Crippen molar-refractivity contribution in [2.45, 2.75) is 31.1 Å². The topological polar surface area (TPSA) is 50.4 Å². The Morgan fingerprint density at radius 1 is 1.21 bits per heavy atom. The molecule has 0 aromatic heterocycles. The van der Waals surface area contributed by atoms with Gasteiger partial charge in [0.2, 0.25) is 5.91 Å². The Hall–Kier alpha value is -1.17. The SMILES string of the molecule is COCC1(CNC(=O)C2(c3ccc(F)cc3)CC2)CCNCC1.Cl. The summed E-state index contributed by atoms with van der Waals surface area (Å²) in [6.07, 6.45) is 3.68. The number of benzene rings is 1. The first-order valence-electron chi connectivity index (χ1n) is 8.34. The van der Waals surface area contributed by atoms with Gasteiger partial charge in [-0.3, -0.25) is 4.79 Å². The molecule has 4 nitrogen and oxygen atoms in total. The Kier molecular flexibility index (Phi) is 6.23. The Morgan fingerprint density at radius 2 is 1.83 bits per heavy atom. The molecule has 24 heavy (non-hydrogen) atoms. The molecule has 1 amide bonds. The van der Waals surface area contributed by atoms with Gasteiger partial charge in [-0.2, -0.15) is 0 Å². The Morgan fingerprint density at radius 3 is 2.38 bits per heavy atom. The molecule has 2 N–H and O–H groups in total. The van der Waals surface area contributed by atoms with E-state index in [1.54, 1.807) is 19.2 Å². The largest absolute Gasteiger partial charge is 0.384 e. The molecule has 1 aromatic carbocycles. The maximum absolute atomic E-state index is 13.1. The van der Waals surface area contributed by atoms with Gasteiger partial charge in [-0.05, 0) is 56.5 Å². The number of nitrogens with one attached hydrogen (secondary N) is 2. The van der Waals surface area contributed by atoms with Crippen LogP contribution in [0.25, 0.3) is 0 Å². The second-order valence-electron chi connectivity index (χ2n) is 6.95. The van der Waals surface area contributed by atoms with Crippen molar-refractivity contribution >= 4 is 18.3 Å². The van der Waals surface area contributed by atoms with Gasteiger partial charge in [-0.25, -0.2) is 4.39 Å². The van der Waals surface area contributed by atoms with Gasteiger partial charge in [0.15, 0.2) is 0 Å². The fourth-order valence-electron chi connectivity index (χ4n) is 3.61. The monoisotopic (exact) mass is 356 g/mol. The summed E-state index contributed by atoms with van der Waals surface area (Å²) >= 11 is 0. The number of hydrogen-bond donors (Lipinski definition) is 2. The van der Waals surface area contributed by atoms with Crippen molar-refractivity contribution in [1.82, 2.24) is 10.6 Å². The predicted octanol–water partition coefficient (Wildman–Crippen LogP) is 2.41. The van der Waals surface area contributed by atoms with Gasteiger partial charge in [-0.1, -0.05) is 12.1 Å². The van der Waals surface area contributed by atoms with Crippen molar-refractivity contribution in [3.63, 3.8) is 0 Å². The van der Waals surface area contributed by atoms with Gasteiger partial charge in [0.1, 0.15) is 5.82 Å². The first kappa shape index (κ1) is 19.2. The third kappa shape index (κ3) is 3.90. The van der Waals surface area contributed by atoms with E-state index in [4.69, 9.17) is 4.74 Å². The molecule has 0 atom stereocenters. The lowest BCUT2D eigenvalue weighted by molar-refractivity contribution is -0.124. The number of piperidine rings is 1.